The van der Waals surface area contributed by atoms with Crippen molar-refractivity contribution in [1.29, 1.82) is 0 Å². The Morgan fingerprint density at radius 2 is 2.21 bits per heavy atom. The van der Waals surface area contributed by atoms with Crippen LogP contribution < -0.4 is 10.2 Å². The zero-order valence-corrected chi connectivity index (χ0v) is 12.2. The number of aromatic amines is 1. The number of anilines is 1. The maximum atomic E-state index is 4.23. The Kier molecular flexibility index (Phi) is 3.84. The Morgan fingerprint density at radius 1 is 1.37 bits per heavy atom. The van der Waals surface area contributed by atoms with E-state index in [1.54, 1.807) is 6.20 Å². The van der Waals surface area contributed by atoms with E-state index in [0.29, 0.717) is 6.04 Å². The molecule has 0 spiro atoms. The van der Waals surface area contributed by atoms with E-state index in [0.717, 1.165) is 29.9 Å². The summed E-state index contributed by atoms with van der Waals surface area (Å²) in [7, 11) is 0. The van der Waals surface area contributed by atoms with Gasteiger partial charge in [-0.2, -0.15) is 0 Å². The van der Waals surface area contributed by atoms with Crippen LogP contribution in [0.4, 0.5) is 5.69 Å². The number of rotatable bonds is 4. The van der Waals surface area contributed by atoms with Crippen molar-refractivity contribution in [2.75, 3.05) is 18.0 Å². The molecule has 100 valence electrons. The second-order valence-electron chi connectivity index (χ2n) is 4.82. The van der Waals surface area contributed by atoms with Crippen LogP contribution in [-0.4, -0.2) is 29.1 Å². The highest BCUT2D eigenvalue weighted by Crippen LogP contribution is 2.22. The van der Waals surface area contributed by atoms with E-state index in [9.17, 15) is 0 Å². The van der Waals surface area contributed by atoms with E-state index >= 15 is 0 Å². The summed E-state index contributed by atoms with van der Waals surface area (Å²) in [6, 6.07) is 9.06. The SMILES string of the molecule is Brc1ccc(N2CC[C@H](NCc3ncc[nH]3)C2)cc1. The van der Waals surface area contributed by atoms with Gasteiger partial charge in [-0.3, -0.25) is 0 Å². The lowest BCUT2D eigenvalue weighted by molar-refractivity contribution is 0.541. The monoisotopic (exact) mass is 320 g/mol. The summed E-state index contributed by atoms with van der Waals surface area (Å²) in [6.45, 7) is 2.98. The zero-order valence-electron chi connectivity index (χ0n) is 10.6. The molecule has 19 heavy (non-hydrogen) atoms. The molecule has 0 radical (unpaired) electrons. The number of nitrogens with one attached hydrogen (secondary N) is 2. The molecule has 2 aromatic rings. The van der Waals surface area contributed by atoms with E-state index in [-0.39, 0.29) is 0 Å². The molecule has 0 aliphatic carbocycles. The van der Waals surface area contributed by atoms with Crippen molar-refractivity contribution >= 4 is 21.6 Å². The molecule has 0 bridgehead atoms. The highest BCUT2D eigenvalue weighted by Gasteiger charge is 2.22. The first kappa shape index (κ1) is 12.7. The highest BCUT2D eigenvalue weighted by atomic mass is 79.9. The summed E-state index contributed by atoms with van der Waals surface area (Å²) >= 11 is 3.47. The smallest absolute Gasteiger partial charge is 0.120 e. The summed E-state index contributed by atoms with van der Waals surface area (Å²) in [5.41, 5.74) is 1.30. The fraction of sp³-hybridized carbons (Fsp3) is 0.357. The lowest BCUT2D eigenvalue weighted by Crippen LogP contribution is -2.32. The second kappa shape index (κ2) is 5.75. The summed E-state index contributed by atoms with van der Waals surface area (Å²) in [5.74, 6) is 1.00. The molecule has 1 aromatic carbocycles. The molecule has 1 aliphatic rings. The van der Waals surface area contributed by atoms with Gasteiger partial charge >= 0.3 is 0 Å². The van der Waals surface area contributed by atoms with Crippen LogP contribution in [0.1, 0.15) is 12.2 Å². The average molecular weight is 321 g/mol. The average Bonchev–Trinajstić information content (AvgIpc) is 3.09. The predicted molar refractivity (Wildman–Crippen MR) is 80.2 cm³/mol. The number of imidazole rings is 1. The number of nitrogens with zero attached hydrogens (tertiary/aromatic N) is 2. The van der Waals surface area contributed by atoms with Crippen molar-refractivity contribution < 1.29 is 0 Å². The summed E-state index contributed by atoms with van der Waals surface area (Å²) < 4.78 is 1.13. The number of hydrogen-bond acceptors (Lipinski definition) is 3. The minimum Gasteiger partial charge on any atom is -0.370 e. The van der Waals surface area contributed by atoms with Crippen LogP contribution in [0.5, 0.6) is 0 Å². The lowest BCUT2D eigenvalue weighted by atomic mass is 10.2. The molecule has 0 amide bonds. The molecule has 2 heterocycles. The molecule has 1 fully saturated rings. The van der Waals surface area contributed by atoms with Crippen molar-refractivity contribution in [2.24, 2.45) is 0 Å². The van der Waals surface area contributed by atoms with Crippen LogP contribution in [0.3, 0.4) is 0 Å². The zero-order chi connectivity index (χ0) is 13.1. The van der Waals surface area contributed by atoms with Gasteiger partial charge in [0, 0.05) is 41.7 Å². The first-order valence-electron chi connectivity index (χ1n) is 6.53. The number of halogens is 1. The Bertz CT molecular complexity index is 509. The summed E-state index contributed by atoms with van der Waals surface area (Å²) in [4.78, 5) is 9.77. The van der Waals surface area contributed by atoms with Gasteiger partial charge in [0.25, 0.3) is 0 Å². The molecule has 1 aliphatic heterocycles. The van der Waals surface area contributed by atoms with Crippen molar-refractivity contribution in [2.45, 2.75) is 19.0 Å². The van der Waals surface area contributed by atoms with Crippen LogP contribution in [-0.2, 0) is 6.54 Å². The second-order valence-corrected chi connectivity index (χ2v) is 5.74. The molecular weight excluding hydrogens is 304 g/mol. The van der Waals surface area contributed by atoms with E-state index < -0.39 is 0 Å². The van der Waals surface area contributed by atoms with Crippen LogP contribution in [0.25, 0.3) is 0 Å². The maximum Gasteiger partial charge on any atom is 0.120 e. The third-order valence-corrected chi connectivity index (χ3v) is 4.02. The van der Waals surface area contributed by atoms with Gasteiger partial charge in [-0.1, -0.05) is 15.9 Å². The van der Waals surface area contributed by atoms with Gasteiger partial charge in [0.15, 0.2) is 0 Å². The Hall–Kier alpha value is -1.33. The predicted octanol–water partition coefficient (Wildman–Crippen LogP) is 2.54. The van der Waals surface area contributed by atoms with Gasteiger partial charge < -0.3 is 15.2 Å². The van der Waals surface area contributed by atoms with Gasteiger partial charge in [-0.25, -0.2) is 4.98 Å². The summed E-state index contributed by atoms with van der Waals surface area (Å²) in [6.07, 6.45) is 4.83. The van der Waals surface area contributed by atoms with Gasteiger partial charge in [0.05, 0.1) is 6.54 Å². The van der Waals surface area contributed by atoms with Crippen LogP contribution in [0.15, 0.2) is 41.1 Å². The first-order valence-corrected chi connectivity index (χ1v) is 7.33. The fourth-order valence-electron chi connectivity index (χ4n) is 2.45. The molecule has 5 heteroatoms. The lowest BCUT2D eigenvalue weighted by Gasteiger charge is -2.19. The van der Waals surface area contributed by atoms with Crippen molar-refractivity contribution in [3.8, 4) is 0 Å². The molecular formula is C14H17BrN4. The standard InChI is InChI=1S/C14H17BrN4/c15-11-1-3-13(4-2-11)19-8-5-12(10-19)18-9-14-16-6-7-17-14/h1-4,6-7,12,18H,5,8-10H2,(H,16,17)/t12-/m0/s1. The van der Waals surface area contributed by atoms with Gasteiger partial charge in [-0.05, 0) is 30.7 Å². The Morgan fingerprint density at radius 3 is 2.95 bits per heavy atom. The number of aromatic nitrogens is 2. The molecule has 1 aromatic heterocycles. The van der Waals surface area contributed by atoms with E-state index in [2.05, 4.69) is 60.4 Å². The Labute approximate surface area is 121 Å². The van der Waals surface area contributed by atoms with Gasteiger partial charge in [0.1, 0.15) is 5.82 Å². The molecule has 3 rings (SSSR count). The topological polar surface area (TPSA) is 44.0 Å². The highest BCUT2D eigenvalue weighted by molar-refractivity contribution is 9.10. The van der Waals surface area contributed by atoms with E-state index in [1.165, 1.54) is 12.1 Å². The van der Waals surface area contributed by atoms with E-state index in [1.807, 2.05) is 6.20 Å². The quantitative estimate of drug-likeness (QED) is 0.910. The van der Waals surface area contributed by atoms with Crippen LogP contribution in [0, 0.1) is 0 Å². The number of benzene rings is 1. The number of H-pyrrole nitrogens is 1. The largest absolute Gasteiger partial charge is 0.370 e. The first-order chi connectivity index (χ1) is 9.31. The molecule has 0 saturated carbocycles. The van der Waals surface area contributed by atoms with Gasteiger partial charge in [0.2, 0.25) is 0 Å². The fourth-order valence-corrected chi connectivity index (χ4v) is 2.71. The van der Waals surface area contributed by atoms with Crippen molar-refractivity contribution in [3.05, 3.63) is 47.0 Å². The van der Waals surface area contributed by atoms with Crippen LogP contribution in [0.2, 0.25) is 0 Å². The normalized spacial score (nSPS) is 19.0. The maximum absolute atomic E-state index is 4.23. The third kappa shape index (κ3) is 3.16. The third-order valence-electron chi connectivity index (χ3n) is 3.49. The van der Waals surface area contributed by atoms with Crippen LogP contribution >= 0.6 is 15.9 Å². The minimum absolute atomic E-state index is 0.536. The number of hydrogen-bond donors (Lipinski definition) is 2. The minimum atomic E-state index is 0.536. The van der Waals surface area contributed by atoms with E-state index in [4.69, 9.17) is 0 Å². The van der Waals surface area contributed by atoms with Crippen molar-refractivity contribution in [1.82, 2.24) is 15.3 Å². The van der Waals surface area contributed by atoms with Gasteiger partial charge in [-0.15, -0.1) is 0 Å². The molecule has 2 N–H and O–H groups in total. The summed E-state index contributed by atoms with van der Waals surface area (Å²) in [5, 5.41) is 3.55. The van der Waals surface area contributed by atoms with Crippen molar-refractivity contribution in [3.63, 3.8) is 0 Å². The Balaban J connectivity index is 1.53. The molecule has 1 atom stereocenters. The molecule has 1 saturated heterocycles. The molecule has 4 nitrogen and oxygen atoms in total. The molecule has 0 unspecified atom stereocenters.